The number of hydrogen-bond acceptors (Lipinski definition) is 3. The molecule has 1 aliphatic rings. The molecule has 15 heavy (non-hydrogen) atoms. The van der Waals surface area contributed by atoms with Gasteiger partial charge in [-0.2, -0.15) is 0 Å². The summed E-state index contributed by atoms with van der Waals surface area (Å²) in [5, 5.41) is 0. The maximum atomic E-state index is 11.4. The summed E-state index contributed by atoms with van der Waals surface area (Å²) < 4.78 is 22.5. The molecule has 0 aromatic rings. The van der Waals surface area contributed by atoms with Crippen LogP contribution in [0.2, 0.25) is 0 Å². The van der Waals surface area contributed by atoms with Crippen molar-refractivity contribution < 1.29 is 13.2 Å². The van der Waals surface area contributed by atoms with E-state index in [2.05, 4.69) is 12.5 Å². The Kier molecular flexibility index (Phi) is 3.53. The van der Waals surface area contributed by atoms with E-state index in [1.165, 1.54) is 4.90 Å². The van der Waals surface area contributed by atoms with Gasteiger partial charge in [-0.05, 0) is 12.5 Å². The molecule has 0 aromatic carbocycles. The summed E-state index contributed by atoms with van der Waals surface area (Å²) in [6, 6.07) is -0.295. The van der Waals surface area contributed by atoms with Crippen molar-refractivity contribution in [1.29, 1.82) is 0 Å². The molecular formula is C10H13NO3S. The first kappa shape index (κ1) is 11.8. The molecule has 0 N–H and O–H groups in total. The van der Waals surface area contributed by atoms with E-state index in [4.69, 9.17) is 6.42 Å². The predicted molar refractivity (Wildman–Crippen MR) is 57.8 cm³/mol. The van der Waals surface area contributed by atoms with Crippen molar-refractivity contribution in [3.8, 4) is 12.3 Å². The molecule has 1 unspecified atom stereocenters. The van der Waals surface area contributed by atoms with Gasteiger partial charge in [-0.25, -0.2) is 8.42 Å². The van der Waals surface area contributed by atoms with Crippen LogP contribution in [0.25, 0.3) is 0 Å². The van der Waals surface area contributed by atoms with E-state index in [0.29, 0.717) is 6.42 Å². The van der Waals surface area contributed by atoms with Crippen LogP contribution in [0.4, 0.5) is 0 Å². The minimum atomic E-state index is -3.00. The zero-order chi connectivity index (χ0) is 11.5. The van der Waals surface area contributed by atoms with Gasteiger partial charge in [0.25, 0.3) is 0 Å². The van der Waals surface area contributed by atoms with Crippen molar-refractivity contribution in [3.63, 3.8) is 0 Å². The van der Waals surface area contributed by atoms with Crippen molar-refractivity contribution in [2.75, 3.05) is 18.1 Å². The maximum absolute atomic E-state index is 11.4. The monoisotopic (exact) mass is 227 g/mol. The van der Waals surface area contributed by atoms with Gasteiger partial charge in [-0.15, -0.1) is 6.42 Å². The summed E-state index contributed by atoms with van der Waals surface area (Å²) in [7, 11) is -3.00. The fourth-order valence-electron chi connectivity index (χ4n) is 1.62. The number of terminal acetylenes is 1. The van der Waals surface area contributed by atoms with Gasteiger partial charge in [0.2, 0.25) is 5.91 Å². The smallest absolute Gasteiger partial charge is 0.247 e. The molecule has 5 heteroatoms. The normalized spacial score (nSPS) is 23.0. The molecule has 1 fully saturated rings. The molecule has 0 aliphatic carbocycles. The fourth-order valence-corrected chi connectivity index (χ4v) is 3.35. The molecule has 1 heterocycles. The van der Waals surface area contributed by atoms with E-state index in [-0.39, 0.29) is 30.0 Å². The topological polar surface area (TPSA) is 54.5 Å². The lowest BCUT2D eigenvalue weighted by atomic mass is 10.2. The summed E-state index contributed by atoms with van der Waals surface area (Å²) in [5.41, 5.74) is 0. The minimum absolute atomic E-state index is 0.00819. The molecule has 0 saturated carbocycles. The van der Waals surface area contributed by atoms with E-state index >= 15 is 0 Å². The van der Waals surface area contributed by atoms with E-state index in [0.717, 1.165) is 6.08 Å². The van der Waals surface area contributed by atoms with Crippen LogP contribution >= 0.6 is 0 Å². The third-order valence-corrected chi connectivity index (χ3v) is 4.12. The Balaban J connectivity index is 2.79. The summed E-state index contributed by atoms with van der Waals surface area (Å²) in [5.74, 6) is 2.18. The average molecular weight is 227 g/mol. The van der Waals surface area contributed by atoms with Gasteiger partial charge in [0.05, 0.1) is 18.1 Å². The second-order valence-corrected chi connectivity index (χ2v) is 5.66. The second-order valence-electron chi connectivity index (χ2n) is 3.43. The number of amides is 1. The Bertz CT molecular complexity index is 405. The molecule has 0 spiro atoms. The van der Waals surface area contributed by atoms with Crippen LogP contribution in [-0.2, 0) is 14.6 Å². The predicted octanol–water partition coefficient (Wildman–Crippen LogP) is -0.179. The standard InChI is InChI=1S/C10H13NO3S/c1-3-6-11(10(12)4-2)9-5-7-15(13,14)8-9/h1,4,9H,2,5-8H2. The summed E-state index contributed by atoms with van der Waals surface area (Å²) in [6.45, 7) is 3.49. The van der Waals surface area contributed by atoms with Gasteiger partial charge in [0, 0.05) is 6.04 Å². The Labute approximate surface area is 89.9 Å². The van der Waals surface area contributed by atoms with Gasteiger partial charge in [-0.1, -0.05) is 12.5 Å². The molecular weight excluding hydrogens is 214 g/mol. The second kappa shape index (κ2) is 4.49. The molecule has 0 bridgehead atoms. The van der Waals surface area contributed by atoms with E-state index in [1.807, 2.05) is 0 Å². The number of nitrogens with zero attached hydrogens (tertiary/aromatic N) is 1. The molecule has 4 nitrogen and oxygen atoms in total. The van der Waals surface area contributed by atoms with Crippen LogP contribution in [-0.4, -0.2) is 43.3 Å². The van der Waals surface area contributed by atoms with Crippen molar-refractivity contribution in [3.05, 3.63) is 12.7 Å². The number of carbonyl (C=O) groups is 1. The van der Waals surface area contributed by atoms with E-state index < -0.39 is 9.84 Å². The zero-order valence-corrected chi connectivity index (χ0v) is 9.16. The Morgan fingerprint density at radius 1 is 1.67 bits per heavy atom. The van der Waals surface area contributed by atoms with Crippen molar-refractivity contribution in [1.82, 2.24) is 4.90 Å². The van der Waals surface area contributed by atoms with Crippen molar-refractivity contribution >= 4 is 15.7 Å². The molecule has 0 radical (unpaired) electrons. The third-order valence-electron chi connectivity index (χ3n) is 2.37. The SMILES string of the molecule is C#CCN(C(=O)C=C)C1CCS(=O)(=O)C1. The lowest BCUT2D eigenvalue weighted by molar-refractivity contribution is -0.127. The summed E-state index contributed by atoms with van der Waals surface area (Å²) in [4.78, 5) is 12.8. The van der Waals surface area contributed by atoms with Gasteiger partial charge in [-0.3, -0.25) is 4.79 Å². The van der Waals surface area contributed by atoms with Crippen LogP contribution in [0.3, 0.4) is 0 Å². The number of carbonyl (C=O) groups excluding carboxylic acids is 1. The quantitative estimate of drug-likeness (QED) is 0.496. The van der Waals surface area contributed by atoms with Crippen molar-refractivity contribution in [2.45, 2.75) is 12.5 Å². The molecule has 82 valence electrons. The first-order valence-corrected chi connectivity index (χ1v) is 6.39. The van der Waals surface area contributed by atoms with E-state index in [1.54, 1.807) is 0 Å². The fraction of sp³-hybridized carbons (Fsp3) is 0.500. The van der Waals surface area contributed by atoms with E-state index in [9.17, 15) is 13.2 Å². The molecule has 0 aromatic heterocycles. The van der Waals surface area contributed by atoms with Crippen LogP contribution < -0.4 is 0 Å². The number of sulfone groups is 1. The first-order chi connectivity index (χ1) is 7.00. The highest BCUT2D eigenvalue weighted by Crippen LogP contribution is 2.17. The lowest BCUT2D eigenvalue weighted by Gasteiger charge is -2.24. The Morgan fingerprint density at radius 2 is 2.33 bits per heavy atom. The van der Waals surface area contributed by atoms with Gasteiger partial charge in [0.15, 0.2) is 9.84 Å². The molecule has 1 saturated heterocycles. The molecule has 1 rings (SSSR count). The summed E-state index contributed by atoms with van der Waals surface area (Å²) >= 11 is 0. The number of rotatable bonds is 3. The zero-order valence-electron chi connectivity index (χ0n) is 8.35. The van der Waals surface area contributed by atoms with Gasteiger partial charge in [0.1, 0.15) is 0 Å². The molecule has 1 aliphatic heterocycles. The largest absolute Gasteiger partial charge is 0.324 e. The van der Waals surface area contributed by atoms with Gasteiger partial charge >= 0.3 is 0 Å². The third kappa shape index (κ3) is 2.83. The average Bonchev–Trinajstić information content (AvgIpc) is 2.54. The number of hydrogen-bond donors (Lipinski definition) is 0. The highest BCUT2D eigenvalue weighted by atomic mass is 32.2. The van der Waals surface area contributed by atoms with Crippen molar-refractivity contribution in [2.24, 2.45) is 0 Å². The van der Waals surface area contributed by atoms with Gasteiger partial charge < -0.3 is 4.90 Å². The van der Waals surface area contributed by atoms with Crippen LogP contribution in [0.15, 0.2) is 12.7 Å². The Morgan fingerprint density at radius 3 is 2.73 bits per heavy atom. The first-order valence-electron chi connectivity index (χ1n) is 4.57. The lowest BCUT2D eigenvalue weighted by Crippen LogP contribution is -2.40. The van der Waals surface area contributed by atoms with Crippen LogP contribution in [0.5, 0.6) is 0 Å². The van der Waals surface area contributed by atoms with Crippen LogP contribution in [0, 0.1) is 12.3 Å². The minimum Gasteiger partial charge on any atom is -0.324 e. The highest BCUT2D eigenvalue weighted by molar-refractivity contribution is 7.91. The maximum Gasteiger partial charge on any atom is 0.247 e. The highest BCUT2D eigenvalue weighted by Gasteiger charge is 2.33. The van der Waals surface area contributed by atoms with Crippen LogP contribution in [0.1, 0.15) is 6.42 Å². The Hall–Kier alpha value is -1.28. The molecule has 1 amide bonds. The summed E-state index contributed by atoms with van der Waals surface area (Å²) in [6.07, 6.45) is 6.75. The molecule has 1 atom stereocenters.